The van der Waals surface area contributed by atoms with Gasteiger partial charge >= 0.3 is 0 Å². The third-order valence-electron chi connectivity index (χ3n) is 4.68. The van der Waals surface area contributed by atoms with Gasteiger partial charge in [0.05, 0.1) is 18.1 Å². The van der Waals surface area contributed by atoms with Crippen molar-refractivity contribution in [3.05, 3.63) is 46.9 Å². The van der Waals surface area contributed by atoms with E-state index in [1.165, 1.54) is 31.0 Å². The van der Waals surface area contributed by atoms with Crippen LogP contribution in [0.1, 0.15) is 28.5 Å². The average molecular weight is 463 g/mol. The third-order valence-corrected chi connectivity index (χ3v) is 5.23. The van der Waals surface area contributed by atoms with E-state index < -0.39 is 11.7 Å². The van der Waals surface area contributed by atoms with Crippen molar-refractivity contribution in [1.29, 1.82) is 0 Å². The first-order valence-electron chi connectivity index (χ1n) is 9.75. The number of ether oxygens (including phenoxy) is 1. The van der Waals surface area contributed by atoms with E-state index in [2.05, 4.69) is 14.9 Å². The van der Waals surface area contributed by atoms with Crippen LogP contribution in [0.4, 0.5) is 4.39 Å². The first kappa shape index (κ1) is 23.6. The number of halogens is 1. The van der Waals surface area contributed by atoms with Crippen LogP contribution in [0, 0.1) is 5.82 Å². The van der Waals surface area contributed by atoms with Crippen LogP contribution in [-0.2, 0) is 27.5 Å². The fraction of sp³-hybridized carbons (Fsp3) is 0.333. The number of nitrogens with two attached hydrogens (primary N) is 1. The Bertz CT molecular complexity index is 1150. The number of primary amides is 1. The number of ketones is 1. The first-order chi connectivity index (χ1) is 15.4. The van der Waals surface area contributed by atoms with Crippen molar-refractivity contribution in [3.8, 4) is 5.88 Å². The second kappa shape index (κ2) is 10.5. The van der Waals surface area contributed by atoms with Crippen LogP contribution in [0.5, 0.6) is 5.88 Å². The molecule has 0 atom stereocenters. The molecule has 0 unspecified atom stereocenters. The molecule has 0 saturated heterocycles. The summed E-state index contributed by atoms with van der Waals surface area (Å²) in [7, 11) is 1.37. The van der Waals surface area contributed by atoms with Crippen LogP contribution in [-0.4, -0.2) is 52.8 Å². The summed E-state index contributed by atoms with van der Waals surface area (Å²) in [5.41, 5.74) is 7.00. The Morgan fingerprint density at radius 1 is 1.25 bits per heavy atom. The summed E-state index contributed by atoms with van der Waals surface area (Å²) < 4.78 is 21.3. The molecular weight excluding hydrogens is 439 g/mol. The molecule has 2 heterocycles. The van der Waals surface area contributed by atoms with Gasteiger partial charge in [0.2, 0.25) is 5.88 Å². The van der Waals surface area contributed by atoms with Crippen LogP contribution in [0.25, 0.3) is 11.0 Å². The van der Waals surface area contributed by atoms with E-state index >= 15 is 0 Å². The lowest BCUT2D eigenvalue weighted by molar-refractivity contribution is -0.275. The Labute approximate surface area is 188 Å². The molecule has 11 heteroatoms. The molecule has 0 fully saturated rings. The largest absolute Gasteiger partial charge is 0.474 e. The van der Waals surface area contributed by atoms with Gasteiger partial charge in [0.15, 0.2) is 5.16 Å². The zero-order valence-corrected chi connectivity index (χ0v) is 18.7. The van der Waals surface area contributed by atoms with Gasteiger partial charge in [-0.15, -0.1) is 0 Å². The van der Waals surface area contributed by atoms with E-state index in [0.29, 0.717) is 28.5 Å². The molecule has 3 rings (SSSR count). The minimum absolute atomic E-state index is 0.0779. The molecule has 0 aliphatic rings. The number of nitrogens with zero attached hydrogens (tertiary/aromatic N) is 3. The quantitative estimate of drug-likeness (QED) is 0.0878. The van der Waals surface area contributed by atoms with Crippen molar-refractivity contribution in [1.82, 2.24) is 14.5 Å². The zero-order valence-electron chi connectivity index (χ0n) is 17.9. The van der Waals surface area contributed by atoms with Crippen LogP contribution >= 0.6 is 11.8 Å². The minimum atomic E-state index is -1.10. The Morgan fingerprint density at radius 3 is 2.66 bits per heavy atom. The lowest BCUT2D eigenvalue weighted by atomic mass is 10.1. The van der Waals surface area contributed by atoms with Crippen LogP contribution < -0.4 is 10.5 Å². The maximum absolute atomic E-state index is 13.8. The Morgan fingerprint density at radius 2 is 2.03 bits per heavy atom. The highest BCUT2D eigenvalue weighted by molar-refractivity contribution is 7.98. The third kappa shape index (κ3) is 4.90. The number of fused-ring (bicyclic) bond motifs is 1. The summed E-state index contributed by atoms with van der Waals surface area (Å²) in [6.45, 7) is 2.25. The van der Waals surface area contributed by atoms with E-state index in [0.717, 1.165) is 0 Å². The fourth-order valence-corrected chi connectivity index (χ4v) is 3.76. The number of hydrogen-bond donors (Lipinski definition) is 1. The lowest BCUT2D eigenvalue weighted by Gasteiger charge is -2.11. The van der Waals surface area contributed by atoms with Crippen molar-refractivity contribution >= 4 is 34.5 Å². The van der Waals surface area contributed by atoms with Gasteiger partial charge in [-0.05, 0) is 30.4 Å². The smallest absolute Gasteiger partial charge is 0.289 e. The van der Waals surface area contributed by atoms with E-state index in [-0.39, 0.29) is 42.4 Å². The maximum atomic E-state index is 13.8. The molecule has 2 aromatic heterocycles. The summed E-state index contributed by atoms with van der Waals surface area (Å²) >= 11 is 1.29. The van der Waals surface area contributed by atoms with Crippen LogP contribution in [0.2, 0.25) is 0 Å². The van der Waals surface area contributed by atoms with Crippen molar-refractivity contribution in [3.63, 3.8) is 0 Å². The second-order valence-corrected chi connectivity index (χ2v) is 7.41. The highest BCUT2D eigenvalue weighted by atomic mass is 32.2. The monoisotopic (exact) mass is 462 g/mol. The Hall–Kier alpha value is -3.02. The molecule has 0 spiro atoms. The van der Waals surface area contributed by atoms with E-state index in [1.807, 2.05) is 6.92 Å². The summed E-state index contributed by atoms with van der Waals surface area (Å²) in [4.78, 5) is 43.0. The zero-order chi connectivity index (χ0) is 23.3. The number of carbonyl (C=O) groups excluding carboxylic acids is 2. The van der Waals surface area contributed by atoms with Gasteiger partial charge < -0.3 is 15.0 Å². The number of rotatable bonds is 11. The summed E-state index contributed by atoms with van der Waals surface area (Å²) in [5.74, 6) is -2.24. The van der Waals surface area contributed by atoms with Gasteiger partial charge in [0.25, 0.3) is 11.7 Å². The Balaban J connectivity index is 2.26. The molecule has 32 heavy (non-hydrogen) atoms. The maximum Gasteiger partial charge on any atom is 0.289 e. The summed E-state index contributed by atoms with van der Waals surface area (Å²) in [5, 5.41) is 0.677. The molecule has 0 bridgehead atoms. The standard InChI is InChI=1S/C21H23FN4O5S/c1-4-14-15(17(27)18(23)28)16-19(26(14)11-12-6-5-7-13(22)10-12)24-21(32-3)25-20(16)30-8-9-31-29-2/h5-7,10H,4,8-9,11H2,1-3H3,(H2,23,28). The molecule has 9 nitrogen and oxygen atoms in total. The fourth-order valence-electron chi connectivity index (χ4n) is 3.41. The van der Waals surface area contributed by atoms with Gasteiger partial charge in [0, 0.05) is 12.2 Å². The summed E-state index contributed by atoms with van der Waals surface area (Å²) in [6, 6.07) is 6.11. The Kier molecular flexibility index (Phi) is 7.78. The van der Waals surface area contributed by atoms with Crippen molar-refractivity contribution in [2.24, 2.45) is 5.73 Å². The number of Topliss-reactive ketones (excluding diaryl/α,β-unsaturated/α-hetero) is 1. The molecule has 0 saturated carbocycles. The molecule has 1 aromatic carbocycles. The number of aromatic nitrogens is 3. The first-order valence-corrected chi connectivity index (χ1v) is 11.0. The highest BCUT2D eigenvalue weighted by Crippen LogP contribution is 2.34. The second-order valence-electron chi connectivity index (χ2n) is 6.64. The van der Waals surface area contributed by atoms with E-state index in [4.69, 9.17) is 15.4 Å². The molecular formula is C21H23FN4O5S. The number of benzene rings is 1. The topological polar surface area (TPSA) is 119 Å². The van der Waals surface area contributed by atoms with Crippen LogP contribution in [0.15, 0.2) is 29.4 Å². The molecule has 0 aliphatic carbocycles. The highest BCUT2D eigenvalue weighted by Gasteiger charge is 2.29. The van der Waals surface area contributed by atoms with Gasteiger partial charge in [-0.25, -0.2) is 19.1 Å². The van der Waals surface area contributed by atoms with E-state index in [9.17, 15) is 14.0 Å². The minimum Gasteiger partial charge on any atom is -0.474 e. The van der Waals surface area contributed by atoms with Gasteiger partial charge in [-0.1, -0.05) is 30.8 Å². The SMILES string of the molecule is CCc1c(C(=O)C(N)=O)c2c(OCCOOC)nc(SC)nc2n1Cc1cccc(F)c1. The van der Waals surface area contributed by atoms with Crippen molar-refractivity contribution < 1.29 is 28.5 Å². The summed E-state index contributed by atoms with van der Waals surface area (Å²) in [6.07, 6.45) is 2.19. The van der Waals surface area contributed by atoms with Gasteiger partial charge in [-0.3, -0.25) is 9.59 Å². The predicted octanol–water partition coefficient (Wildman–Crippen LogP) is 2.53. The molecule has 2 N–H and O–H groups in total. The van der Waals surface area contributed by atoms with E-state index in [1.54, 1.807) is 23.0 Å². The number of amides is 1. The number of hydrogen-bond acceptors (Lipinski definition) is 8. The molecule has 0 radical (unpaired) electrons. The van der Waals surface area contributed by atoms with Gasteiger partial charge in [-0.2, -0.15) is 4.98 Å². The normalized spacial score (nSPS) is 11.1. The van der Waals surface area contributed by atoms with Crippen LogP contribution in [0.3, 0.4) is 0 Å². The molecule has 1 amide bonds. The van der Waals surface area contributed by atoms with Gasteiger partial charge in [0.1, 0.15) is 24.7 Å². The average Bonchev–Trinajstić information content (AvgIpc) is 3.09. The number of carbonyl (C=O) groups is 2. The van der Waals surface area contributed by atoms with Crippen molar-refractivity contribution in [2.75, 3.05) is 26.6 Å². The van der Waals surface area contributed by atoms with Crippen molar-refractivity contribution in [2.45, 2.75) is 25.0 Å². The molecule has 0 aliphatic heterocycles. The lowest BCUT2D eigenvalue weighted by Crippen LogP contribution is -2.24. The number of thioether (sulfide) groups is 1. The molecule has 3 aromatic rings. The molecule has 170 valence electrons. The predicted molar refractivity (Wildman–Crippen MR) is 116 cm³/mol.